The van der Waals surface area contributed by atoms with Gasteiger partial charge >= 0.3 is 0 Å². The molecule has 0 spiro atoms. The lowest BCUT2D eigenvalue weighted by Crippen LogP contribution is -2.44. The first-order valence-electron chi connectivity index (χ1n) is 5.12. The highest BCUT2D eigenvalue weighted by molar-refractivity contribution is 4.70. The third kappa shape index (κ3) is 4.34. The molecule has 16 heavy (non-hydrogen) atoms. The fraction of sp³-hybridized carbons (Fsp3) is 1.00. The third-order valence-corrected chi connectivity index (χ3v) is 2.14. The standard InChI is InChI=1S/C9H17N3O4/c1-9(2)15-6-7(3-11-12-10)14-5-8(4-13)16-9/h7-8,13H,3-6H2,1-2H3/t7-,8+/m1/s1. The molecule has 0 amide bonds. The Morgan fingerprint density at radius 2 is 2.19 bits per heavy atom. The van der Waals surface area contributed by atoms with E-state index in [4.69, 9.17) is 24.8 Å². The molecular weight excluding hydrogens is 214 g/mol. The van der Waals surface area contributed by atoms with Crippen LogP contribution in [0, 0.1) is 0 Å². The second-order valence-electron chi connectivity index (χ2n) is 4.00. The van der Waals surface area contributed by atoms with Crippen molar-refractivity contribution < 1.29 is 19.3 Å². The average molecular weight is 231 g/mol. The van der Waals surface area contributed by atoms with Gasteiger partial charge in [-0.25, -0.2) is 0 Å². The molecule has 1 rings (SSSR count). The molecule has 0 unspecified atom stereocenters. The maximum absolute atomic E-state index is 9.06. The normalized spacial score (nSPS) is 29.9. The Hall–Kier alpha value is -0.850. The van der Waals surface area contributed by atoms with Gasteiger partial charge in [0.05, 0.1) is 32.5 Å². The molecule has 0 bridgehead atoms. The first kappa shape index (κ1) is 13.2. The molecule has 2 atom stereocenters. The van der Waals surface area contributed by atoms with Crippen molar-refractivity contribution in [3.05, 3.63) is 10.4 Å². The Bertz CT molecular complexity index is 265. The van der Waals surface area contributed by atoms with Gasteiger partial charge in [-0.05, 0) is 19.4 Å². The molecule has 1 saturated heterocycles. The van der Waals surface area contributed by atoms with Crippen LogP contribution in [0.5, 0.6) is 0 Å². The molecule has 7 heteroatoms. The number of ether oxygens (including phenoxy) is 3. The molecule has 0 aromatic heterocycles. The summed E-state index contributed by atoms with van der Waals surface area (Å²) in [6.07, 6.45) is -0.725. The van der Waals surface area contributed by atoms with Crippen LogP contribution in [0.2, 0.25) is 0 Å². The van der Waals surface area contributed by atoms with Crippen LogP contribution in [-0.2, 0) is 14.2 Å². The van der Waals surface area contributed by atoms with Crippen LogP contribution in [0.3, 0.4) is 0 Å². The zero-order valence-corrected chi connectivity index (χ0v) is 9.50. The lowest BCUT2D eigenvalue weighted by molar-refractivity contribution is -0.279. The van der Waals surface area contributed by atoms with Crippen LogP contribution in [0.4, 0.5) is 0 Å². The number of rotatable bonds is 3. The lowest BCUT2D eigenvalue weighted by atomic mass is 10.3. The van der Waals surface area contributed by atoms with Crippen molar-refractivity contribution in [1.82, 2.24) is 0 Å². The number of nitrogens with zero attached hydrogens (tertiary/aromatic N) is 3. The van der Waals surface area contributed by atoms with Crippen molar-refractivity contribution in [3.8, 4) is 0 Å². The van der Waals surface area contributed by atoms with Crippen molar-refractivity contribution in [2.24, 2.45) is 5.11 Å². The second kappa shape index (κ2) is 6.03. The summed E-state index contributed by atoms with van der Waals surface area (Å²) in [5, 5.41) is 12.5. The van der Waals surface area contributed by atoms with E-state index in [9.17, 15) is 0 Å². The zero-order chi connectivity index (χ0) is 12.0. The van der Waals surface area contributed by atoms with Gasteiger partial charge in [-0.15, -0.1) is 0 Å². The summed E-state index contributed by atoms with van der Waals surface area (Å²) in [6, 6.07) is 0. The number of aliphatic hydroxyl groups excluding tert-OH is 1. The molecular formula is C9H17N3O4. The number of aliphatic hydroxyl groups is 1. The van der Waals surface area contributed by atoms with Gasteiger partial charge in [-0.2, -0.15) is 0 Å². The molecule has 1 N–H and O–H groups in total. The number of hydrogen-bond acceptors (Lipinski definition) is 5. The Morgan fingerprint density at radius 1 is 1.44 bits per heavy atom. The average Bonchev–Trinajstić information content (AvgIpc) is 2.24. The highest BCUT2D eigenvalue weighted by Gasteiger charge is 2.29. The maximum Gasteiger partial charge on any atom is 0.163 e. The maximum atomic E-state index is 9.06. The fourth-order valence-corrected chi connectivity index (χ4v) is 1.38. The summed E-state index contributed by atoms with van der Waals surface area (Å²) >= 11 is 0. The van der Waals surface area contributed by atoms with Gasteiger partial charge in [0, 0.05) is 4.91 Å². The van der Waals surface area contributed by atoms with E-state index in [0.717, 1.165) is 0 Å². The molecule has 0 aliphatic carbocycles. The Morgan fingerprint density at radius 3 is 2.81 bits per heavy atom. The Labute approximate surface area is 93.9 Å². The highest BCUT2D eigenvalue weighted by atomic mass is 16.7. The van der Waals surface area contributed by atoms with Gasteiger partial charge < -0.3 is 19.3 Å². The van der Waals surface area contributed by atoms with E-state index in [0.29, 0.717) is 6.61 Å². The van der Waals surface area contributed by atoms with Crippen molar-refractivity contribution >= 4 is 0 Å². The van der Waals surface area contributed by atoms with Gasteiger partial charge in [0.1, 0.15) is 6.10 Å². The summed E-state index contributed by atoms with van der Waals surface area (Å²) in [7, 11) is 0. The van der Waals surface area contributed by atoms with Crippen LogP contribution < -0.4 is 0 Å². The smallest absolute Gasteiger partial charge is 0.163 e. The molecule has 1 aliphatic rings. The van der Waals surface area contributed by atoms with Crippen molar-refractivity contribution in [1.29, 1.82) is 0 Å². The lowest BCUT2D eigenvalue weighted by Gasteiger charge is -2.34. The predicted molar refractivity (Wildman–Crippen MR) is 55.7 cm³/mol. The van der Waals surface area contributed by atoms with Gasteiger partial charge in [-0.3, -0.25) is 0 Å². The summed E-state index contributed by atoms with van der Waals surface area (Å²) in [6.45, 7) is 4.17. The fourth-order valence-electron chi connectivity index (χ4n) is 1.38. The predicted octanol–water partition coefficient (Wildman–Crippen LogP) is 0.826. The van der Waals surface area contributed by atoms with E-state index >= 15 is 0 Å². The van der Waals surface area contributed by atoms with E-state index < -0.39 is 11.9 Å². The van der Waals surface area contributed by atoms with Crippen LogP contribution in [0.15, 0.2) is 5.11 Å². The molecule has 0 aromatic rings. The zero-order valence-electron chi connectivity index (χ0n) is 9.50. The van der Waals surface area contributed by atoms with Crippen molar-refractivity contribution in [2.45, 2.75) is 31.8 Å². The SMILES string of the molecule is CC1(C)OC[C@@H](CN=[N+]=[N-])OC[C@H](CO)O1. The van der Waals surface area contributed by atoms with Crippen LogP contribution in [0.1, 0.15) is 13.8 Å². The summed E-state index contributed by atoms with van der Waals surface area (Å²) in [5.41, 5.74) is 8.22. The molecule has 7 nitrogen and oxygen atoms in total. The topological polar surface area (TPSA) is 96.7 Å². The monoisotopic (exact) mass is 231 g/mol. The van der Waals surface area contributed by atoms with Crippen LogP contribution in [-0.4, -0.2) is 49.5 Å². The molecule has 0 saturated carbocycles. The van der Waals surface area contributed by atoms with Gasteiger partial charge in [0.15, 0.2) is 5.79 Å². The Balaban J connectivity index is 2.57. The van der Waals surface area contributed by atoms with Crippen LogP contribution in [0.25, 0.3) is 10.4 Å². The quantitative estimate of drug-likeness (QED) is 0.442. The molecule has 1 fully saturated rings. The van der Waals surface area contributed by atoms with E-state index in [1.807, 2.05) is 0 Å². The summed E-state index contributed by atoms with van der Waals surface area (Å²) < 4.78 is 16.4. The van der Waals surface area contributed by atoms with Crippen LogP contribution >= 0.6 is 0 Å². The van der Waals surface area contributed by atoms with E-state index in [-0.39, 0.29) is 25.9 Å². The molecule has 0 aromatic carbocycles. The number of azide groups is 1. The summed E-state index contributed by atoms with van der Waals surface area (Å²) in [5.74, 6) is -0.772. The van der Waals surface area contributed by atoms with Gasteiger partial charge in [-0.1, -0.05) is 5.11 Å². The first-order valence-corrected chi connectivity index (χ1v) is 5.12. The minimum absolute atomic E-state index is 0.138. The molecule has 0 radical (unpaired) electrons. The molecule has 1 aliphatic heterocycles. The van der Waals surface area contributed by atoms with E-state index in [2.05, 4.69) is 10.0 Å². The largest absolute Gasteiger partial charge is 0.394 e. The van der Waals surface area contributed by atoms with Crippen molar-refractivity contribution in [3.63, 3.8) is 0 Å². The van der Waals surface area contributed by atoms with Crippen molar-refractivity contribution in [2.75, 3.05) is 26.4 Å². The molecule has 92 valence electrons. The third-order valence-electron chi connectivity index (χ3n) is 2.14. The molecule has 1 heterocycles. The second-order valence-corrected chi connectivity index (χ2v) is 4.00. The minimum atomic E-state index is -0.772. The summed E-state index contributed by atoms with van der Waals surface area (Å²) in [4.78, 5) is 2.67. The first-order chi connectivity index (χ1) is 7.57. The van der Waals surface area contributed by atoms with E-state index in [1.165, 1.54) is 0 Å². The number of hydrogen-bond donors (Lipinski definition) is 1. The minimum Gasteiger partial charge on any atom is -0.394 e. The van der Waals surface area contributed by atoms with Gasteiger partial charge in [0.25, 0.3) is 0 Å². The van der Waals surface area contributed by atoms with Gasteiger partial charge in [0.2, 0.25) is 0 Å². The Kier molecular flexibility index (Phi) is 4.98. The highest BCUT2D eigenvalue weighted by Crippen LogP contribution is 2.18. The van der Waals surface area contributed by atoms with E-state index in [1.54, 1.807) is 13.8 Å².